The first-order chi connectivity index (χ1) is 12.5. The number of fused-ring (bicyclic) bond motifs is 1. The highest BCUT2D eigenvalue weighted by Crippen LogP contribution is 2.43. The molecule has 1 atom stereocenters. The summed E-state index contributed by atoms with van der Waals surface area (Å²) in [5, 5.41) is 11.5. The highest BCUT2D eigenvalue weighted by atomic mass is 16.5. The van der Waals surface area contributed by atoms with Crippen LogP contribution in [0.2, 0.25) is 0 Å². The van der Waals surface area contributed by atoms with E-state index in [4.69, 9.17) is 4.74 Å². The second-order valence-corrected chi connectivity index (χ2v) is 7.50. The Morgan fingerprint density at radius 3 is 2.54 bits per heavy atom. The van der Waals surface area contributed by atoms with Crippen LogP contribution in [0.15, 0.2) is 42.5 Å². The molecule has 1 spiro atoms. The third-order valence-electron chi connectivity index (χ3n) is 5.84. The number of aliphatic carboxylic acids is 1. The van der Waals surface area contributed by atoms with Gasteiger partial charge >= 0.3 is 5.97 Å². The lowest BCUT2D eigenvalue weighted by Gasteiger charge is -2.42. The molecule has 2 aromatic rings. The fourth-order valence-electron chi connectivity index (χ4n) is 4.31. The third kappa shape index (κ3) is 2.67. The van der Waals surface area contributed by atoms with Crippen LogP contribution in [0.5, 0.6) is 0 Å². The van der Waals surface area contributed by atoms with Gasteiger partial charge in [0, 0.05) is 5.56 Å². The van der Waals surface area contributed by atoms with Crippen molar-refractivity contribution < 1.29 is 19.4 Å². The van der Waals surface area contributed by atoms with Gasteiger partial charge in [0.25, 0.3) is 5.91 Å². The molecule has 5 heteroatoms. The summed E-state index contributed by atoms with van der Waals surface area (Å²) in [4.78, 5) is 26.9. The molecule has 2 aromatic carbocycles. The number of carbonyl (C=O) groups is 2. The molecule has 5 nitrogen and oxygen atoms in total. The van der Waals surface area contributed by atoms with Crippen molar-refractivity contribution in [2.75, 3.05) is 6.61 Å². The van der Waals surface area contributed by atoms with Crippen molar-refractivity contribution in [2.45, 2.75) is 44.4 Å². The summed E-state index contributed by atoms with van der Waals surface area (Å²) in [6, 6.07) is 12.3. The number of amides is 1. The molecule has 1 aliphatic heterocycles. The summed E-state index contributed by atoms with van der Waals surface area (Å²) < 4.78 is 6.00. The second-order valence-electron chi connectivity index (χ2n) is 7.50. The van der Waals surface area contributed by atoms with Crippen LogP contribution in [0.3, 0.4) is 0 Å². The Morgan fingerprint density at radius 2 is 1.81 bits per heavy atom. The predicted octanol–water partition coefficient (Wildman–Crippen LogP) is 3.67. The predicted molar refractivity (Wildman–Crippen MR) is 97.9 cm³/mol. The summed E-state index contributed by atoms with van der Waals surface area (Å²) in [5.74, 6) is -0.682. The van der Waals surface area contributed by atoms with Crippen LogP contribution < -0.4 is 0 Å². The van der Waals surface area contributed by atoms with Crippen LogP contribution in [0.1, 0.15) is 43.0 Å². The van der Waals surface area contributed by atoms with E-state index in [1.165, 1.54) is 4.90 Å². The number of hydrogen-bond donors (Lipinski definition) is 1. The Bertz CT molecular complexity index is 849. The molecule has 1 saturated heterocycles. The van der Waals surface area contributed by atoms with Gasteiger partial charge in [-0.3, -0.25) is 9.69 Å². The molecule has 1 saturated carbocycles. The van der Waals surface area contributed by atoms with E-state index in [1.54, 1.807) is 6.07 Å². The van der Waals surface area contributed by atoms with Crippen molar-refractivity contribution in [3.63, 3.8) is 0 Å². The van der Waals surface area contributed by atoms with Gasteiger partial charge in [-0.1, -0.05) is 43.3 Å². The highest BCUT2D eigenvalue weighted by molar-refractivity contribution is 6.08. The molecule has 0 aromatic heterocycles. The Balaban J connectivity index is 1.78. The zero-order valence-corrected chi connectivity index (χ0v) is 14.9. The lowest BCUT2D eigenvalue weighted by atomic mass is 9.83. The van der Waals surface area contributed by atoms with E-state index in [0.29, 0.717) is 24.3 Å². The molecular weight excluding hydrogens is 330 g/mol. The molecule has 1 amide bonds. The van der Waals surface area contributed by atoms with E-state index < -0.39 is 17.7 Å². The van der Waals surface area contributed by atoms with Crippen LogP contribution in [0.25, 0.3) is 10.8 Å². The number of carboxylic acids is 1. The molecule has 0 bridgehead atoms. The molecule has 26 heavy (non-hydrogen) atoms. The third-order valence-corrected chi connectivity index (χ3v) is 5.84. The number of benzene rings is 2. The Kier molecular flexibility index (Phi) is 4.19. The maximum atomic E-state index is 13.5. The van der Waals surface area contributed by atoms with Crippen molar-refractivity contribution in [2.24, 2.45) is 5.92 Å². The number of hydrogen-bond acceptors (Lipinski definition) is 3. The summed E-state index contributed by atoms with van der Waals surface area (Å²) in [7, 11) is 0. The average Bonchev–Trinajstić information content (AvgIpc) is 3.02. The lowest BCUT2D eigenvalue weighted by Crippen LogP contribution is -2.55. The van der Waals surface area contributed by atoms with E-state index in [1.807, 2.05) is 36.4 Å². The van der Waals surface area contributed by atoms with E-state index >= 15 is 0 Å². The van der Waals surface area contributed by atoms with Gasteiger partial charge in [-0.25, -0.2) is 4.79 Å². The zero-order chi connectivity index (χ0) is 18.3. The fourth-order valence-corrected chi connectivity index (χ4v) is 4.31. The molecular formula is C21H23NO4. The van der Waals surface area contributed by atoms with Gasteiger partial charge in [-0.2, -0.15) is 0 Å². The van der Waals surface area contributed by atoms with Crippen LogP contribution in [-0.2, 0) is 9.53 Å². The summed E-state index contributed by atoms with van der Waals surface area (Å²) in [6.07, 6.45) is 3.25. The topological polar surface area (TPSA) is 66.8 Å². The van der Waals surface area contributed by atoms with Crippen LogP contribution in [0, 0.1) is 5.92 Å². The fraction of sp³-hybridized carbons (Fsp3) is 0.429. The van der Waals surface area contributed by atoms with Gasteiger partial charge < -0.3 is 9.84 Å². The normalized spacial score (nSPS) is 28.6. The van der Waals surface area contributed by atoms with Crippen molar-refractivity contribution in [1.29, 1.82) is 0 Å². The largest absolute Gasteiger partial charge is 0.480 e. The quantitative estimate of drug-likeness (QED) is 0.894. The van der Waals surface area contributed by atoms with Crippen molar-refractivity contribution in [3.05, 3.63) is 48.0 Å². The summed E-state index contributed by atoms with van der Waals surface area (Å²) in [6.45, 7) is 2.24. The first kappa shape index (κ1) is 17.0. The molecule has 1 aliphatic carbocycles. The Hall–Kier alpha value is -2.40. The van der Waals surface area contributed by atoms with Gasteiger partial charge in [0.15, 0.2) is 6.04 Å². The van der Waals surface area contributed by atoms with E-state index in [0.717, 1.165) is 23.6 Å². The molecule has 1 N–H and O–H groups in total. The monoisotopic (exact) mass is 353 g/mol. The minimum Gasteiger partial charge on any atom is -0.480 e. The SMILES string of the molecule is CC1CCC2(CC1)OC[C@@H](C(=O)O)N2C(=O)c1cccc2ccccc12. The van der Waals surface area contributed by atoms with Crippen molar-refractivity contribution in [3.8, 4) is 0 Å². The van der Waals surface area contributed by atoms with Gasteiger partial charge in [-0.05, 0) is 48.4 Å². The number of nitrogens with zero attached hydrogens (tertiary/aromatic N) is 1. The number of carbonyl (C=O) groups excluding carboxylic acids is 1. The van der Waals surface area contributed by atoms with E-state index in [-0.39, 0.29) is 12.5 Å². The number of carboxylic acid groups (broad SMARTS) is 1. The zero-order valence-electron chi connectivity index (χ0n) is 14.9. The minimum absolute atomic E-state index is 0.0558. The summed E-state index contributed by atoms with van der Waals surface area (Å²) >= 11 is 0. The lowest BCUT2D eigenvalue weighted by molar-refractivity contribution is -0.143. The first-order valence-electron chi connectivity index (χ1n) is 9.20. The standard InChI is InChI=1S/C21H23NO4/c1-14-9-11-21(12-10-14)22(18(13-26-21)20(24)25)19(23)17-8-4-6-15-5-2-3-7-16(15)17/h2-8,14,18H,9-13H2,1H3,(H,24,25)/t14?,18-,21?/m0/s1. The minimum atomic E-state index is -1.01. The van der Waals surface area contributed by atoms with Crippen LogP contribution in [-0.4, -0.2) is 40.3 Å². The smallest absolute Gasteiger partial charge is 0.328 e. The van der Waals surface area contributed by atoms with Crippen molar-refractivity contribution in [1.82, 2.24) is 4.90 Å². The average molecular weight is 353 g/mol. The van der Waals surface area contributed by atoms with Crippen LogP contribution >= 0.6 is 0 Å². The van der Waals surface area contributed by atoms with Gasteiger partial charge in [0.05, 0.1) is 6.61 Å². The maximum absolute atomic E-state index is 13.5. The highest BCUT2D eigenvalue weighted by Gasteiger charge is 2.53. The molecule has 1 heterocycles. The number of ether oxygens (including phenoxy) is 1. The van der Waals surface area contributed by atoms with Gasteiger partial charge in [0.2, 0.25) is 0 Å². The molecule has 2 aliphatic rings. The van der Waals surface area contributed by atoms with Gasteiger partial charge in [-0.15, -0.1) is 0 Å². The molecule has 2 fully saturated rings. The molecule has 0 unspecified atom stereocenters. The Labute approximate surface area is 152 Å². The maximum Gasteiger partial charge on any atom is 0.328 e. The molecule has 0 radical (unpaired) electrons. The van der Waals surface area contributed by atoms with E-state index in [9.17, 15) is 14.7 Å². The first-order valence-corrected chi connectivity index (χ1v) is 9.20. The molecule has 4 rings (SSSR count). The molecule has 136 valence electrons. The second kappa shape index (κ2) is 6.40. The number of rotatable bonds is 2. The van der Waals surface area contributed by atoms with Crippen molar-refractivity contribution >= 4 is 22.6 Å². The van der Waals surface area contributed by atoms with Gasteiger partial charge in [0.1, 0.15) is 5.72 Å². The Morgan fingerprint density at radius 1 is 1.12 bits per heavy atom. The van der Waals surface area contributed by atoms with Crippen LogP contribution in [0.4, 0.5) is 0 Å². The van der Waals surface area contributed by atoms with E-state index in [2.05, 4.69) is 6.92 Å². The summed E-state index contributed by atoms with van der Waals surface area (Å²) in [5.41, 5.74) is -0.248.